The highest BCUT2D eigenvalue weighted by molar-refractivity contribution is 5.54. The number of methoxy groups -OCH3 is 4. The maximum Gasteiger partial charge on any atom is 0.161 e. The third kappa shape index (κ3) is 3.94. The molecule has 0 aromatic heterocycles. The second kappa shape index (κ2) is 8.74. The fourth-order valence-electron chi connectivity index (χ4n) is 4.73. The summed E-state index contributed by atoms with van der Waals surface area (Å²) < 4.78 is 22.0. The molecule has 164 valence electrons. The zero-order valence-corrected chi connectivity index (χ0v) is 18.6. The van der Waals surface area contributed by atoms with Crippen LogP contribution in [0.5, 0.6) is 23.0 Å². The summed E-state index contributed by atoms with van der Waals surface area (Å²) in [6.07, 6.45) is 0.633. The lowest BCUT2D eigenvalue weighted by molar-refractivity contribution is -0.0317. The topological polar surface area (TPSA) is 77.4 Å². The van der Waals surface area contributed by atoms with Gasteiger partial charge in [-0.2, -0.15) is 0 Å². The second-order valence-electron chi connectivity index (χ2n) is 8.31. The van der Waals surface area contributed by atoms with Gasteiger partial charge in [0.2, 0.25) is 0 Å². The number of benzene rings is 2. The quantitative estimate of drug-likeness (QED) is 0.720. The van der Waals surface area contributed by atoms with Gasteiger partial charge in [0.15, 0.2) is 23.0 Å². The van der Waals surface area contributed by atoms with E-state index in [1.807, 2.05) is 30.3 Å². The van der Waals surface area contributed by atoms with E-state index in [2.05, 4.69) is 0 Å². The van der Waals surface area contributed by atoms with Crippen molar-refractivity contribution in [2.75, 3.05) is 35.0 Å². The maximum absolute atomic E-state index is 10.9. The molecule has 0 radical (unpaired) electrons. The van der Waals surface area contributed by atoms with Crippen LogP contribution >= 0.6 is 0 Å². The van der Waals surface area contributed by atoms with Crippen molar-refractivity contribution in [1.82, 2.24) is 0 Å². The number of ether oxygens (including phenoxy) is 4. The van der Waals surface area contributed by atoms with Crippen molar-refractivity contribution in [2.24, 2.45) is 11.8 Å². The molecule has 0 heterocycles. The van der Waals surface area contributed by atoms with Gasteiger partial charge < -0.3 is 29.2 Å². The van der Waals surface area contributed by atoms with E-state index in [1.165, 1.54) is 0 Å². The van der Waals surface area contributed by atoms with Gasteiger partial charge in [-0.25, -0.2) is 0 Å². The average Bonchev–Trinajstić information content (AvgIpc) is 2.75. The first-order valence-electron chi connectivity index (χ1n) is 10.1. The Hall–Kier alpha value is -2.44. The summed E-state index contributed by atoms with van der Waals surface area (Å²) in [5.41, 5.74) is 2.14. The monoisotopic (exact) mass is 416 g/mol. The van der Waals surface area contributed by atoms with Crippen LogP contribution in [0.2, 0.25) is 0 Å². The third-order valence-corrected chi connectivity index (χ3v) is 6.25. The lowest BCUT2D eigenvalue weighted by Gasteiger charge is -2.44. The van der Waals surface area contributed by atoms with Crippen molar-refractivity contribution in [1.29, 1.82) is 0 Å². The summed E-state index contributed by atoms with van der Waals surface area (Å²) >= 11 is 0. The van der Waals surface area contributed by atoms with Gasteiger partial charge in [-0.15, -0.1) is 0 Å². The van der Waals surface area contributed by atoms with Gasteiger partial charge >= 0.3 is 0 Å². The molecule has 2 N–H and O–H groups in total. The lowest BCUT2D eigenvalue weighted by atomic mass is 9.62. The highest BCUT2D eigenvalue weighted by Crippen LogP contribution is 2.50. The Kier molecular flexibility index (Phi) is 6.48. The van der Waals surface area contributed by atoms with E-state index in [-0.39, 0.29) is 24.4 Å². The van der Waals surface area contributed by atoms with Gasteiger partial charge in [-0.3, -0.25) is 0 Å². The van der Waals surface area contributed by atoms with Crippen molar-refractivity contribution in [2.45, 2.75) is 31.8 Å². The molecular formula is C24H32O6. The Labute approximate surface area is 178 Å². The number of aliphatic hydroxyl groups is 2. The molecule has 1 aliphatic rings. The fraction of sp³-hybridized carbons (Fsp3) is 0.500. The van der Waals surface area contributed by atoms with E-state index < -0.39 is 5.60 Å². The van der Waals surface area contributed by atoms with Crippen LogP contribution in [0.3, 0.4) is 0 Å². The van der Waals surface area contributed by atoms with Crippen molar-refractivity contribution >= 4 is 0 Å². The Bertz CT molecular complexity index is 886. The molecule has 3 rings (SSSR count). The third-order valence-electron chi connectivity index (χ3n) is 6.25. The second-order valence-corrected chi connectivity index (χ2v) is 8.31. The van der Waals surface area contributed by atoms with Gasteiger partial charge in [0.25, 0.3) is 0 Å². The number of aliphatic hydroxyl groups excluding tert-OH is 1. The number of fused-ring (bicyclic) bond motifs is 1. The number of hydrogen-bond donors (Lipinski definition) is 2. The van der Waals surface area contributed by atoms with Crippen LogP contribution in [-0.4, -0.2) is 50.9 Å². The summed E-state index contributed by atoms with van der Waals surface area (Å²) in [5.74, 6) is 2.07. The first-order chi connectivity index (χ1) is 14.3. The molecule has 0 amide bonds. The van der Waals surface area contributed by atoms with Crippen LogP contribution in [0.4, 0.5) is 0 Å². The first-order valence-corrected chi connectivity index (χ1v) is 10.1. The number of hydrogen-bond acceptors (Lipinski definition) is 6. The van der Waals surface area contributed by atoms with Gasteiger partial charge in [-0.05, 0) is 73.1 Å². The molecule has 0 aliphatic heterocycles. The Morgan fingerprint density at radius 1 is 0.867 bits per heavy atom. The fourth-order valence-corrected chi connectivity index (χ4v) is 4.73. The predicted octanol–water partition coefficient (Wildman–Crippen LogP) is 3.40. The molecule has 0 spiro atoms. The molecule has 1 aliphatic carbocycles. The standard InChI is InChI=1S/C24H32O6/c1-24(2,26)18-9-15-11-21(29-5)22(30-6)12-16(15)23(17(18)13-25)14-7-8-19(27-3)20(10-14)28-4/h7-8,10-12,17-18,23,25-26H,9,13H2,1-6H3/t17-,18+,23-/m0/s1. The van der Waals surface area contributed by atoms with E-state index in [0.717, 1.165) is 16.7 Å². The van der Waals surface area contributed by atoms with E-state index >= 15 is 0 Å². The summed E-state index contributed by atoms with van der Waals surface area (Å²) in [6.45, 7) is 3.55. The molecule has 6 nitrogen and oxygen atoms in total. The van der Waals surface area contributed by atoms with Crippen LogP contribution < -0.4 is 18.9 Å². The molecule has 0 unspecified atom stereocenters. The molecule has 0 saturated heterocycles. The SMILES string of the molecule is COc1ccc([C@H]2c3cc(OC)c(OC)cc3C[C@@H](C(C)(C)O)[C@@H]2CO)cc1OC. The van der Waals surface area contributed by atoms with Crippen LogP contribution in [0, 0.1) is 11.8 Å². The molecule has 2 aromatic carbocycles. The summed E-state index contributed by atoms with van der Waals surface area (Å²) in [6, 6.07) is 9.77. The zero-order valence-electron chi connectivity index (χ0n) is 18.6. The molecular weight excluding hydrogens is 384 g/mol. The van der Waals surface area contributed by atoms with E-state index in [4.69, 9.17) is 18.9 Å². The van der Waals surface area contributed by atoms with Gasteiger partial charge in [0.05, 0.1) is 34.0 Å². The lowest BCUT2D eigenvalue weighted by Crippen LogP contribution is -2.44. The Balaban J connectivity index is 2.25. The van der Waals surface area contributed by atoms with E-state index in [0.29, 0.717) is 29.4 Å². The van der Waals surface area contributed by atoms with Crippen molar-refractivity contribution in [3.63, 3.8) is 0 Å². The molecule has 0 saturated carbocycles. The normalized spacial score (nSPS) is 21.0. The van der Waals surface area contributed by atoms with Crippen molar-refractivity contribution < 1.29 is 29.2 Å². The smallest absolute Gasteiger partial charge is 0.161 e. The van der Waals surface area contributed by atoms with Gasteiger partial charge in [-0.1, -0.05) is 6.07 Å². The molecule has 6 heteroatoms. The summed E-state index contributed by atoms with van der Waals surface area (Å²) in [5, 5.41) is 21.3. The average molecular weight is 417 g/mol. The Morgan fingerprint density at radius 3 is 1.97 bits per heavy atom. The largest absolute Gasteiger partial charge is 0.493 e. The van der Waals surface area contributed by atoms with Crippen LogP contribution in [0.1, 0.15) is 36.5 Å². The first kappa shape index (κ1) is 22.2. The van der Waals surface area contributed by atoms with Crippen LogP contribution in [0.15, 0.2) is 30.3 Å². The van der Waals surface area contributed by atoms with Crippen molar-refractivity contribution in [3.05, 3.63) is 47.0 Å². The summed E-state index contributed by atoms with van der Waals surface area (Å²) in [7, 11) is 6.43. The Morgan fingerprint density at radius 2 is 1.43 bits per heavy atom. The predicted molar refractivity (Wildman–Crippen MR) is 115 cm³/mol. The van der Waals surface area contributed by atoms with E-state index in [1.54, 1.807) is 42.3 Å². The minimum absolute atomic E-state index is 0.0541. The number of rotatable bonds is 7. The minimum Gasteiger partial charge on any atom is -0.493 e. The minimum atomic E-state index is -0.965. The van der Waals surface area contributed by atoms with E-state index in [9.17, 15) is 10.2 Å². The molecule has 3 atom stereocenters. The molecule has 30 heavy (non-hydrogen) atoms. The van der Waals surface area contributed by atoms with Gasteiger partial charge in [0.1, 0.15) is 0 Å². The van der Waals surface area contributed by atoms with Crippen molar-refractivity contribution in [3.8, 4) is 23.0 Å². The molecule has 2 aromatic rings. The highest BCUT2D eigenvalue weighted by Gasteiger charge is 2.44. The maximum atomic E-state index is 10.9. The summed E-state index contributed by atoms with van der Waals surface area (Å²) in [4.78, 5) is 0. The van der Waals surface area contributed by atoms with Gasteiger partial charge in [0, 0.05) is 12.5 Å². The highest BCUT2D eigenvalue weighted by atomic mass is 16.5. The molecule has 0 bridgehead atoms. The van der Waals surface area contributed by atoms with Crippen LogP contribution in [0.25, 0.3) is 0 Å². The zero-order chi connectivity index (χ0) is 22.1. The van der Waals surface area contributed by atoms with Crippen LogP contribution in [-0.2, 0) is 6.42 Å². The molecule has 0 fully saturated rings.